The predicted octanol–water partition coefficient (Wildman–Crippen LogP) is 1.19. The van der Waals surface area contributed by atoms with Gasteiger partial charge in [-0.3, -0.25) is 0 Å². The minimum absolute atomic E-state index is 0.585. The first-order chi connectivity index (χ1) is 9.26. The van der Waals surface area contributed by atoms with Crippen LogP contribution in [-0.2, 0) is 20.1 Å². The molecule has 0 saturated carbocycles. The highest BCUT2D eigenvalue weighted by Crippen LogP contribution is 2.10. The zero-order chi connectivity index (χ0) is 13.2. The number of hydrogen-bond acceptors (Lipinski definition) is 5. The Morgan fingerprint density at radius 2 is 2.11 bits per heavy atom. The standard InChI is InChI=1S/C12H15N7/c1-3-19-6-9(15-8-19)4-13-12-14-5-10-11(17-12)18(2)7-16-10/h5-8H,3-4H2,1-2H3,(H,13,14,17). The Morgan fingerprint density at radius 1 is 1.21 bits per heavy atom. The Bertz CT molecular complexity index is 697. The first kappa shape index (κ1) is 11.6. The number of fused-ring (bicyclic) bond motifs is 1. The molecule has 98 valence electrons. The lowest BCUT2D eigenvalue weighted by molar-refractivity contribution is 0.760. The fourth-order valence-corrected chi connectivity index (χ4v) is 1.85. The lowest BCUT2D eigenvalue weighted by Crippen LogP contribution is -2.04. The lowest BCUT2D eigenvalue weighted by Gasteiger charge is -2.02. The van der Waals surface area contributed by atoms with Crippen molar-refractivity contribution in [1.29, 1.82) is 0 Å². The molecule has 0 bridgehead atoms. The predicted molar refractivity (Wildman–Crippen MR) is 71.5 cm³/mol. The van der Waals surface area contributed by atoms with Gasteiger partial charge < -0.3 is 14.5 Å². The summed E-state index contributed by atoms with van der Waals surface area (Å²) >= 11 is 0. The fourth-order valence-electron chi connectivity index (χ4n) is 1.85. The van der Waals surface area contributed by atoms with E-state index in [1.807, 2.05) is 28.7 Å². The van der Waals surface area contributed by atoms with Crippen LogP contribution in [0, 0.1) is 0 Å². The number of nitrogens with zero attached hydrogens (tertiary/aromatic N) is 6. The van der Waals surface area contributed by atoms with Crippen molar-refractivity contribution in [3.63, 3.8) is 0 Å². The quantitative estimate of drug-likeness (QED) is 0.760. The smallest absolute Gasteiger partial charge is 0.225 e. The number of rotatable bonds is 4. The molecule has 0 spiro atoms. The molecular weight excluding hydrogens is 242 g/mol. The van der Waals surface area contributed by atoms with E-state index in [4.69, 9.17) is 0 Å². The number of hydrogen-bond donors (Lipinski definition) is 1. The zero-order valence-corrected chi connectivity index (χ0v) is 10.9. The molecular formula is C12H15N7. The molecule has 1 N–H and O–H groups in total. The third-order valence-electron chi connectivity index (χ3n) is 2.93. The minimum atomic E-state index is 0.585. The van der Waals surface area contributed by atoms with Crippen LogP contribution in [0.5, 0.6) is 0 Å². The van der Waals surface area contributed by atoms with Gasteiger partial charge in [0.2, 0.25) is 5.95 Å². The molecule has 0 aliphatic heterocycles. The number of aryl methyl sites for hydroxylation is 2. The van der Waals surface area contributed by atoms with Crippen molar-refractivity contribution < 1.29 is 0 Å². The third kappa shape index (κ3) is 2.26. The molecule has 3 aromatic heterocycles. The summed E-state index contributed by atoms with van der Waals surface area (Å²) in [4.78, 5) is 17.1. The molecule has 3 aromatic rings. The summed E-state index contributed by atoms with van der Waals surface area (Å²) in [5, 5.41) is 3.17. The summed E-state index contributed by atoms with van der Waals surface area (Å²) in [6, 6.07) is 0. The number of imidazole rings is 2. The van der Waals surface area contributed by atoms with Crippen LogP contribution < -0.4 is 5.32 Å². The van der Waals surface area contributed by atoms with Crippen LogP contribution in [0.1, 0.15) is 12.6 Å². The van der Waals surface area contributed by atoms with Gasteiger partial charge in [-0.15, -0.1) is 0 Å². The summed E-state index contributed by atoms with van der Waals surface area (Å²) in [7, 11) is 1.91. The van der Waals surface area contributed by atoms with E-state index in [2.05, 4.69) is 32.2 Å². The van der Waals surface area contributed by atoms with Crippen LogP contribution in [0.25, 0.3) is 11.2 Å². The average molecular weight is 257 g/mol. The summed E-state index contributed by atoms with van der Waals surface area (Å²) in [6.07, 6.45) is 7.28. The van der Waals surface area contributed by atoms with Gasteiger partial charge >= 0.3 is 0 Å². The maximum Gasteiger partial charge on any atom is 0.225 e. The number of nitrogens with one attached hydrogen (secondary N) is 1. The van der Waals surface area contributed by atoms with E-state index < -0.39 is 0 Å². The van der Waals surface area contributed by atoms with Crippen molar-refractivity contribution in [3.05, 3.63) is 30.7 Å². The monoisotopic (exact) mass is 257 g/mol. The largest absolute Gasteiger partial charge is 0.348 e. The Kier molecular flexibility index (Phi) is 2.86. The van der Waals surface area contributed by atoms with Gasteiger partial charge in [0.05, 0.1) is 31.1 Å². The van der Waals surface area contributed by atoms with Gasteiger partial charge in [0.15, 0.2) is 5.65 Å². The van der Waals surface area contributed by atoms with E-state index >= 15 is 0 Å². The van der Waals surface area contributed by atoms with E-state index in [0.29, 0.717) is 12.5 Å². The van der Waals surface area contributed by atoms with Gasteiger partial charge in [-0.05, 0) is 6.92 Å². The molecule has 0 aliphatic carbocycles. The average Bonchev–Trinajstić information content (AvgIpc) is 3.04. The maximum absolute atomic E-state index is 4.42. The van der Waals surface area contributed by atoms with E-state index in [0.717, 1.165) is 23.4 Å². The first-order valence-corrected chi connectivity index (χ1v) is 6.15. The molecule has 7 nitrogen and oxygen atoms in total. The molecule has 0 aromatic carbocycles. The van der Waals surface area contributed by atoms with E-state index in [9.17, 15) is 0 Å². The SMILES string of the molecule is CCn1cnc(CNc2ncc3ncn(C)c3n2)c1. The van der Waals surface area contributed by atoms with Crippen molar-refractivity contribution in [3.8, 4) is 0 Å². The summed E-state index contributed by atoms with van der Waals surface area (Å²) in [5.41, 5.74) is 2.58. The van der Waals surface area contributed by atoms with Crippen LogP contribution in [-0.4, -0.2) is 29.1 Å². The van der Waals surface area contributed by atoms with Gasteiger partial charge in [0.25, 0.3) is 0 Å². The number of aromatic nitrogens is 6. The molecule has 0 saturated heterocycles. The molecule has 7 heteroatoms. The van der Waals surface area contributed by atoms with Crippen LogP contribution in [0.2, 0.25) is 0 Å². The molecule has 0 amide bonds. The normalized spacial score (nSPS) is 11.1. The van der Waals surface area contributed by atoms with Crippen molar-refractivity contribution >= 4 is 17.1 Å². The summed E-state index contributed by atoms with van der Waals surface area (Å²) in [6.45, 7) is 3.61. The molecule has 3 heterocycles. The van der Waals surface area contributed by atoms with Crippen molar-refractivity contribution in [1.82, 2.24) is 29.1 Å². The second kappa shape index (κ2) is 4.68. The molecule has 3 rings (SSSR count). The highest BCUT2D eigenvalue weighted by atomic mass is 15.2. The van der Waals surface area contributed by atoms with Gasteiger partial charge in [0.1, 0.15) is 5.52 Å². The molecule has 0 atom stereocenters. The van der Waals surface area contributed by atoms with Crippen LogP contribution in [0.15, 0.2) is 25.0 Å². The molecule has 0 unspecified atom stereocenters. The number of anilines is 1. The van der Waals surface area contributed by atoms with Crippen molar-refractivity contribution in [2.45, 2.75) is 20.0 Å². The van der Waals surface area contributed by atoms with E-state index in [1.165, 1.54) is 0 Å². The molecule has 19 heavy (non-hydrogen) atoms. The summed E-state index contributed by atoms with van der Waals surface area (Å²) in [5.74, 6) is 0.585. The van der Waals surface area contributed by atoms with E-state index in [1.54, 1.807) is 12.5 Å². The van der Waals surface area contributed by atoms with Gasteiger partial charge in [-0.1, -0.05) is 0 Å². The highest BCUT2D eigenvalue weighted by Gasteiger charge is 2.04. The fraction of sp³-hybridized carbons (Fsp3) is 0.333. The molecule has 0 fully saturated rings. The van der Waals surface area contributed by atoms with Crippen molar-refractivity contribution in [2.75, 3.05) is 5.32 Å². The van der Waals surface area contributed by atoms with Crippen LogP contribution >= 0.6 is 0 Å². The highest BCUT2D eigenvalue weighted by molar-refractivity contribution is 5.70. The van der Waals surface area contributed by atoms with Crippen LogP contribution in [0.4, 0.5) is 5.95 Å². The Morgan fingerprint density at radius 3 is 2.89 bits per heavy atom. The zero-order valence-electron chi connectivity index (χ0n) is 10.9. The van der Waals surface area contributed by atoms with Crippen molar-refractivity contribution in [2.24, 2.45) is 7.05 Å². The Hall–Kier alpha value is -2.44. The second-order valence-corrected chi connectivity index (χ2v) is 4.31. The van der Waals surface area contributed by atoms with E-state index in [-0.39, 0.29) is 0 Å². The summed E-state index contributed by atoms with van der Waals surface area (Å²) < 4.78 is 3.90. The topological polar surface area (TPSA) is 73.5 Å². The van der Waals surface area contributed by atoms with Gasteiger partial charge in [-0.25, -0.2) is 15.0 Å². The maximum atomic E-state index is 4.42. The second-order valence-electron chi connectivity index (χ2n) is 4.31. The minimum Gasteiger partial charge on any atom is -0.348 e. The third-order valence-corrected chi connectivity index (χ3v) is 2.93. The first-order valence-electron chi connectivity index (χ1n) is 6.15. The van der Waals surface area contributed by atoms with Crippen LogP contribution in [0.3, 0.4) is 0 Å². The Balaban J connectivity index is 1.75. The van der Waals surface area contributed by atoms with Gasteiger partial charge in [-0.2, -0.15) is 4.98 Å². The molecule has 0 radical (unpaired) electrons. The Labute approximate surface area is 110 Å². The lowest BCUT2D eigenvalue weighted by atomic mass is 10.4. The molecule has 0 aliphatic rings. The van der Waals surface area contributed by atoms with Gasteiger partial charge in [0, 0.05) is 19.8 Å².